The first-order valence-electron chi connectivity index (χ1n) is 10.4. The van der Waals surface area contributed by atoms with Gasteiger partial charge in [0.2, 0.25) is 0 Å². The molecule has 30 heavy (non-hydrogen) atoms. The number of thiazole rings is 1. The monoisotopic (exact) mass is 416 g/mol. The second-order valence-electron chi connectivity index (χ2n) is 7.84. The van der Waals surface area contributed by atoms with E-state index in [1.54, 1.807) is 11.3 Å². The van der Waals surface area contributed by atoms with Gasteiger partial charge in [-0.05, 0) is 74.1 Å². The lowest BCUT2D eigenvalue weighted by molar-refractivity contribution is 0.559. The minimum absolute atomic E-state index is 0.910. The van der Waals surface area contributed by atoms with E-state index in [0.717, 1.165) is 30.0 Å². The lowest BCUT2D eigenvalue weighted by Gasteiger charge is -2.11. The Labute approximate surface area is 182 Å². The molecule has 0 aliphatic carbocycles. The molecule has 4 rings (SSSR count). The van der Waals surface area contributed by atoms with Crippen molar-refractivity contribution in [3.05, 3.63) is 87.6 Å². The molecule has 2 aromatic heterocycles. The molecule has 5 heteroatoms. The van der Waals surface area contributed by atoms with Crippen LogP contribution in [-0.4, -0.2) is 14.1 Å². The van der Waals surface area contributed by atoms with Crippen LogP contribution in [0, 0.1) is 27.7 Å². The number of rotatable bonds is 6. The van der Waals surface area contributed by atoms with Gasteiger partial charge < -0.3 is 9.13 Å². The van der Waals surface area contributed by atoms with Gasteiger partial charge in [0.05, 0.1) is 17.7 Å². The van der Waals surface area contributed by atoms with Crippen molar-refractivity contribution in [1.82, 2.24) is 14.1 Å². The van der Waals surface area contributed by atoms with Crippen LogP contribution in [-0.2, 0) is 13.1 Å². The van der Waals surface area contributed by atoms with Crippen molar-refractivity contribution < 1.29 is 0 Å². The molecule has 0 aliphatic rings. The molecule has 0 saturated carbocycles. The van der Waals surface area contributed by atoms with E-state index in [4.69, 9.17) is 4.99 Å². The minimum Gasteiger partial charge on any atom is -0.337 e. The summed E-state index contributed by atoms with van der Waals surface area (Å²) in [6.07, 6.45) is 6.75. The van der Waals surface area contributed by atoms with Gasteiger partial charge >= 0.3 is 0 Å². The normalized spacial score (nSPS) is 11.9. The molecule has 0 fully saturated rings. The van der Waals surface area contributed by atoms with E-state index in [0.29, 0.717) is 0 Å². The van der Waals surface area contributed by atoms with Crippen molar-refractivity contribution in [2.45, 2.75) is 47.2 Å². The smallest absolute Gasteiger partial charge is 0.190 e. The van der Waals surface area contributed by atoms with Gasteiger partial charge in [0.15, 0.2) is 4.80 Å². The molecule has 4 nitrogen and oxygen atoms in total. The molecule has 2 aromatic carbocycles. The Morgan fingerprint density at radius 3 is 2.60 bits per heavy atom. The number of benzene rings is 2. The van der Waals surface area contributed by atoms with E-state index in [2.05, 4.69) is 83.6 Å². The molecular weight excluding hydrogens is 388 g/mol. The fourth-order valence-electron chi connectivity index (χ4n) is 3.56. The number of aryl methyl sites for hydroxylation is 4. The Balaban J connectivity index is 1.75. The van der Waals surface area contributed by atoms with Crippen LogP contribution < -0.4 is 4.80 Å². The molecular formula is C25H28N4S. The van der Waals surface area contributed by atoms with Crippen LogP contribution in [0.2, 0.25) is 0 Å². The van der Waals surface area contributed by atoms with Crippen LogP contribution in [0.5, 0.6) is 0 Å². The molecule has 0 aliphatic heterocycles. The third-order valence-corrected chi connectivity index (χ3v) is 6.61. The van der Waals surface area contributed by atoms with Gasteiger partial charge in [-0.25, -0.2) is 9.98 Å². The summed E-state index contributed by atoms with van der Waals surface area (Å²) in [5.74, 6) is 0. The van der Waals surface area contributed by atoms with Crippen LogP contribution in [0.15, 0.2) is 65.5 Å². The number of nitrogens with zero attached hydrogens (tertiary/aromatic N) is 4. The maximum Gasteiger partial charge on any atom is 0.190 e. The minimum atomic E-state index is 0.910. The second kappa shape index (κ2) is 8.84. The van der Waals surface area contributed by atoms with Crippen LogP contribution >= 0.6 is 11.3 Å². The lowest BCUT2D eigenvalue weighted by atomic mass is 10.0. The Hall–Kier alpha value is -2.92. The Morgan fingerprint density at radius 1 is 0.967 bits per heavy atom. The molecule has 0 amide bonds. The molecule has 0 radical (unpaired) electrons. The molecule has 154 valence electrons. The van der Waals surface area contributed by atoms with Gasteiger partial charge in [0, 0.05) is 30.9 Å². The summed E-state index contributed by atoms with van der Waals surface area (Å²) < 4.78 is 4.50. The van der Waals surface area contributed by atoms with Gasteiger partial charge in [-0.3, -0.25) is 0 Å². The largest absolute Gasteiger partial charge is 0.337 e. The van der Waals surface area contributed by atoms with E-state index in [1.165, 1.54) is 33.5 Å². The third-order valence-electron chi connectivity index (χ3n) is 5.75. The second-order valence-corrected chi connectivity index (χ2v) is 8.68. The van der Waals surface area contributed by atoms with Crippen molar-refractivity contribution in [2.24, 2.45) is 4.99 Å². The number of hydrogen-bond acceptors (Lipinski definition) is 3. The molecule has 2 heterocycles. The predicted octanol–water partition coefficient (Wildman–Crippen LogP) is 5.97. The van der Waals surface area contributed by atoms with E-state index in [9.17, 15) is 0 Å². The van der Waals surface area contributed by atoms with Gasteiger partial charge in [0.25, 0.3) is 0 Å². The van der Waals surface area contributed by atoms with Crippen molar-refractivity contribution in [1.29, 1.82) is 0 Å². The van der Waals surface area contributed by atoms with Gasteiger partial charge in [0.1, 0.15) is 0 Å². The molecule has 0 N–H and O–H groups in total. The fourth-order valence-corrected chi connectivity index (χ4v) is 4.50. The maximum atomic E-state index is 5.07. The zero-order valence-corrected chi connectivity index (χ0v) is 18.9. The van der Waals surface area contributed by atoms with Crippen molar-refractivity contribution >= 4 is 17.0 Å². The van der Waals surface area contributed by atoms with Crippen molar-refractivity contribution in [3.63, 3.8) is 0 Å². The molecule has 0 saturated heterocycles. The van der Waals surface area contributed by atoms with Crippen molar-refractivity contribution in [2.75, 3.05) is 0 Å². The summed E-state index contributed by atoms with van der Waals surface area (Å²) in [6.45, 7) is 10.5. The zero-order valence-electron chi connectivity index (χ0n) is 18.1. The van der Waals surface area contributed by atoms with Crippen LogP contribution in [0.1, 0.15) is 28.7 Å². The summed E-state index contributed by atoms with van der Waals surface area (Å²) in [7, 11) is 0. The van der Waals surface area contributed by atoms with Gasteiger partial charge in [-0.2, -0.15) is 0 Å². The average Bonchev–Trinajstić information content (AvgIpc) is 3.38. The van der Waals surface area contributed by atoms with Crippen LogP contribution in [0.3, 0.4) is 0 Å². The molecule has 4 aromatic rings. The highest BCUT2D eigenvalue weighted by Crippen LogP contribution is 2.25. The molecule has 0 atom stereocenters. The van der Waals surface area contributed by atoms with E-state index < -0.39 is 0 Å². The fraction of sp³-hybridized carbons (Fsp3) is 0.280. The summed E-state index contributed by atoms with van der Waals surface area (Å²) in [6, 6.07) is 13.0. The Kier molecular flexibility index (Phi) is 6.00. The van der Waals surface area contributed by atoms with Crippen LogP contribution in [0.4, 0.5) is 5.69 Å². The summed E-state index contributed by atoms with van der Waals surface area (Å²) in [4.78, 5) is 10.3. The highest BCUT2D eigenvalue weighted by Gasteiger charge is 2.10. The summed E-state index contributed by atoms with van der Waals surface area (Å²) >= 11 is 1.72. The van der Waals surface area contributed by atoms with E-state index >= 15 is 0 Å². The average molecular weight is 417 g/mol. The topological polar surface area (TPSA) is 35.1 Å². The standard InChI is InChI=1S/C25H28N4S/c1-18-9-10-22(15-20(18)3)24-16-30-25(27-23-8-5-7-19(2)21(23)4)29(24)13-6-12-28-14-11-26-17-28/h5,7-11,14-17H,6,12-13H2,1-4H3. The number of hydrogen-bond donors (Lipinski definition) is 0. The summed E-state index contributed by atoms with van der Waals surface area (Å²) in [5.41, 5.74) is 8.68. The predicted molar refractivity (Wildman–Crippen MR) is 125 cm³/mol. The van der Waals surface area contributed by atoms with E-state index in [-0.39, 0.29) is 0 Å². The number of aromatic nitrogens is 3. The highest BCUT2D eigenvalue weighted by molar-refractivity contribution is 7.07. The highest BCUT2D eigenvalue weighted by atomic mass is 32.1. The third kappa shape index (κ3) is 4.31. The number of imidazole rings is 1. The lowest BCUT2D eigenvalue weighted by Crippen LogP contribution is -2.17. The molecule has 0 spiro atoms. The van der Waals surface area contributed by atoms with Gasteiger partial charge in [-0.1, -0.05) is 24.3 Å². The van der Waals surface area contributed by atoms with E-state index in [1.807, 2.05) is 18.7 Å². The molecule has 0 bridgehead atoms. The Bertz CT molecular complexity index is 1210. The van der Waals surface area contributed by atoms with Crippen molar-refractivity contribution in [3.8, 4) is 11.3 Å². The SMILES string of the molecule is Cc1ccc(-c2csc(=Nc3cccc(C)c3C)n2CCCn2ccnc2)cc1C. The zero-order chi connectivity index (χ0) is 21.1. The quantitative estimate of drug-likeness (QED) is 0.381. The van der Waals surface area contributed by atoms with Crippen LogP contribution in [0.25, 0.3) is 11.3 Å². The first-order valence-corrected chi connectivity index (χ1v) is 11.2. The Morgan fingerprint density at radius 2 is 1.83 bits per heavy atom. The van der Waals surface area contributed by atoms with Gasteiger partial charge in [-0.15, -0.1) is 11.3 Å². The first-order chi connectivity index (χ1) is 14.5. The maximum absolute atomic E-state index is 5.07. The summed E-state index contributed by atoms with van der Waals surface area (Å²) in [5, 5.41) is 2.24. The molecule has 0 unspecified atom stereocenters. The first kappa shape index (κ1) is 20.4.